The van der Waals surface area contributed by atoms with E-state index in [1.165, 1.54) is 6.42 Å². The molecule has 3 atom stereocenters. The highest BCUT2D eigenvalue weighted by Gasteiger charge is 2.28. The summed E-state index contributed by atoms with van der Waals surface area (Å²) < 4.78 is 0. The Labute approximate surface area is 92.1 Å². The van der Waals surface area contributed by atoms with E-state index in [2.05, 4.69) is 19.2 Å². The first-order valence-electron chi connectivity index (χ1n) is 5.57. The number of rotatable bonds is 3. The summed E-state index contributed by atoms with van der Waals surface area (Å²) in [5.74, 6) is 0.921. The van der Waals surface area contributed by atoms with Crippen molar-refractivity contribution in [3.63, 3.8) is 0 Å². The molecule has 1 fully saturated rings. The Hall–Kier alpha value is -0.900. The van der Waals surface area contributed by atoms with Crippen molar-refractivity contribution in [2.45, 2.75) is 58.7 Å². The second-order valence-electron chi connectivity index (χ2n) is 4.63. The predicted octanol–water partition coefficient (Wildman–Crippen LogP) is 1.81. The maximum Gasteiger partial charge on any atom is 0.0982 e. The van der Waals surface area contributed by atoms with Crippen molar-refractivity contribution >= 4 is 11.7 Å². The van der Waals surface area contributed by atoms with Gasteiger partial charge in [-0.15, -0.1) is 0 Å². The molecule has 15 heavy (non-hydrogen) atoms. The molecule has 86 valence electrons. The molecule has 1 aliphatic rings. The average molecular weight is 210 g/mol. The number of hydrogen-bond donors (Lipinski definition) is 3. The van der Waals surface area contributed by atoms with Gasteiger partial charge in [-0.1, -0.05) is 0 Å². The van der Waals surface area contributed by atoms with Gasteiger partial charge in [-0.3, -0.25) is 10.8 Å². The fraction of sp³-hybridized carbons (Fsp3) is 0.818. The van der Waals surface area contributed by atoms with E-state index in [0.717, 1.165) is 6.42 Å². The summed E-state index contributed by atoms with van der Waals surface area (Å²) in [5.41, 5.74) is 0. The largest absolute Gasteiger partial charge is 0.317 e. The lowest BCUT2D eigenvalue weighted by Gasteiger charge is -2.39. The Morgan fingerprint density at radius 2 is 1.87 bits per heavy atom. The molecule has 0 radical (unpaired) electrons. The maximum atomic E-state index is 7.64. The van der Waals surface area contributed by atoms with Crippen LogP contribution < -0.4 is 5.32 Å². The van der Waals surface area contributed by atoms with E-state index in [1.807, 2.05) is 0 Å². The summed E-state index contributed by atoms with van der Waals surface area (Å²) in [5, 5.41) is 18.7. The number of nitrogens with zero attached hydrogens (tertiary/aromatic N) is 1. The van der Waals surface area contributed by atoms with Crippen molar-refractivity contribution in [2.24, 2.45) is 0 Å². The molecule has 1 saturated heterocycles. The minimum Gasteiger partial charge on any atom is -0.317 e. The lowest BCUT2D eigenvalue weighted by Crippen LogP contribution is -2.54. The van der Waals surface area contributed by atoms with E-state index in [0.29, 0.717) is 23.8 Å². The molecular weight excluding hydrogens is 188 g/mol. The van der Waals surface area contributed by atoms with Gasteiger partial charge in [-0.2, -0.15) is 0 Å². The molecule has 0 aromatic rings. The van der Waals surface area contributed by atoms with Gasteiger partial charge in [0.25, 0.3) is 0 Å². The number of amidine groups is 2. The quantitative estimate of drug-likeness (QED) is 0.491. The van der Waals surface area contributed by atoms with Crippen LogP contribution in [0.3, 0.4) is 0 Å². The molecular formula is C11H22N4. The minimum absolute atomic E-state index is 0.241. The maximum absolute atomic E-state index is 7.64. The molecule has 3 N–H and O–H groups in total. The molecule has 0 spiro atoms. The first-order chi connectivity index (χ1) is 6.91. The van der Waals surface area contributed by atoms with Crippen molar-refractivity contribution in [2.75, 3.05) is 0 Å². The SMILES string of the molecule is CC(=N)N(C(C)=N)C(C)CC1CC(C)N1. The Morgan fingerprint density at radius 1 is 1.40 bits per heavy atom. The van der Waals surface area contributed by atoms with E-state index in [1.54, 1.807) is 18.7 Å². The zero-order valence-corrected chi connectivity index (χ0v) is 10.1. The molecule has 0 saturated carbocycles. The molecule has 3 unspecified atom stereocenters. The number of hydrogen-bond acceptors (Lipinski definition) is 3. The van der Waals surface area contributed by atoms with Crippen LogP contribution in [0.5, 0.6) is 0 Å². The molecule has 0 aliphatic carbocycles. The summed E-state index contributed by atoms with van der Waals surface area (Å²) >= 11 is 0. The lowest BCUT2D eigenvalue weighted by molar-refractivity contribution is 0.235. The third kappa shape index (κ3) is 3.02. The van der Waals surface area contributed by atoms with Gasteiger partial charge >= 0.3 is 0 Å². The highest BCUT2D eigenvalue weighted by atomic mass is 15.2. The van der Waals surface area contributed by atoms with Gasteiger partial charge in [-0.25, -0.2) is 0 Å². The van der Waals surface area contributed by atoms with Crippen molar-refractivity contribution in [3.05, 3.63) is 0 Å². The van der Waals surface area contributed by atoms with Crippen LogP contribution in [0.15, 0.2) is 0 Å². The van der Waals surface area contributed by atoms with Crippen LogP contribution in [-0.4, -0.2) is 34.7 Å². The van der Waals surface area contributed by atoms with Gasteiger partial charge in [0.15, 0.2) is 0 Å². The summed E-state index contributed by atoms with van der Waals surface area (Å²) in [6.07, 6.45) is 2.23. The highest BCUT2D eigenvalue weighted by molar-refractivity contribution is 5.96. The van der Waals surface area contributed by atoms with Crippen LogP contribution >= 0.6 is 0 Å². The molecule has 0 aromatic heterocycles. The molecule has 0 amide bonds. The smallest absolute Gasteiger partial charge is 0.0982 e. The summed E-state index contributed by atoms with van der Waals surface area (Å²) in [6, 6.07) is 1.44. The van der Waals surface area contributed by atoms with Crippen LogP contribution in [0.2, 0.25) is 0 Å². The standard InChI is InChI=1S/C11H22N4/c1-7-5-11(14-7)6-8(2)15(9(3)12)10(4)13/h7-8,11-14H,5-6H2,1-4H3. The van der Waals surface area contributed by atoms with E-state index in [9.17, 15) is 0 Å². The van der Waals surface area contributed by atoms with Crippen LogP contribution in [0.1, 0.15) is 40.5 Å². The summed E-state index contributed by atoms with van der Waals surface area (Å²) in [4.78, 5) is 1.78. The van der Waals surface area contributed by atoms with Gasteiger partial charge in [0.05, 0.1) is 11.7 Å². The summed E-state index contributed by atoms with van der Waals surface area (Å²) in [6.45, 7) is 7.75. The summed E-state index contributed by atoms with van der Waals surface area (Å²) in [7, 11) is 0. The topological polar surface area (TPSA) is 63.0 Å². The third-order valence-corrected chi connectivity index (χ3v) is 2.95. The molecule has 1 heterocycles. The average Bonchev–Trinajstić information content (AvgIpc) is 1.99. The van der Waals surface area contributed by atoms with Crippen LogP contribution in [0.25, 0.3) is 0 Å². The number of nitrogens with one attached hydrogen (secondary N) is 3. The highest BCUT2D eigenvalue weighted by Crippen LogP contribution is 2.18. The van der Waals surface area contributed by atoms with Crippen LogP contribution in [0, 0.1) is 10.8 Å². The second-order valence-corrected chi connectivity index (χ2v) is 4.63. The first kappa shape index (κ1) is 12.2. The van der Waals surface area contributed by atoms with Gasteiger partial charge in [0, 0.05) is 18.1 Å². The third-order valence-electron chi connectivity index (χ3n) is 2.95. The Kier molecular flexibility index (Phi) is 3.85. The Balaban J connectivity index is 2.46. The molecule has 4 nitrogen and oxygen atoms in total. The van der Waals surface area contributed by atoms with Crippen molar-refractivity contribution < 1.29 is 0 Å². The predicted molar refractivity (Wildman–Crippen MR) is 63.7 cm³/mol. The van der Waals surface area contributed by atoms with Gasteiger partial charge in [-0.05, 0) is 40.5 Å². The monoisotopic (exact) mass is 210 g/mol. The molecule has 1 aliphatic heterocycles. The van der Waals surface area contributed by atoms with Crippen LogP contribution in [-0.2, 0) is 0 Å². The van der Waals surface area contributed by atoms with Gasteiger partial charge < -0.3 is 10.2 Å². The van der Waals surface area contributed by atoms with Gasteiger partial charge in [0.2, 0.25) is 0 Å². The fourth-order valence-electron chi connectivity index (χ4n) is 2.40. The van der Waals surface area contributed by atoms with Crippen molar-refractivity contribution in [1.29, 1.82) is 10.8 Å². The van der Waals surface area contributed by atoms with Crippen molar-refractivity contribution in [1.82, 2.24) is 10.2 Å². The molecule has 0 aromatic carbocycles. The Morgan fingerprint density at radius 3 is 2.20 bits per heavy atom. The fourth-order valence-corrected chi connectivity index (χ4v) is 2.40. The molecule has 1 rings (SSSR count). The second kappa shape index (κ2) is 4.75. The molecule has 4 heteroatoms. The van der Waals surface area contributed by atoms with E-state index in [4.69, 9.17) is 10.8 Å². The molecule has 0 bridgehead atoms. The normalized spacial score (nSPS) is 26.7. The first-order valence-corrected chi connectivity index (χ1v) is 5.57. The zero-order valence-electron chi connectivity index (χ0n) is 10.1. The Bertz CT molecular complexity index is 241. The lowest BCUT2D eigenvalue weighted by atomic mass is 9.92. The van der Waals surface area contributed by atoms with Gasteiger partial charge in [0.1, 0.15) is 0 Å². The minimum atomic E-state index is 0.241. The zero-order chi connectivity index (χ0) is 11.6. The van der Waals surface area contributed by atoms with Crippen LogP contribution in [0.4, 0.5) is 0 Å². The van der Waals surface area contributed by atoms with Crippen molar-refractivity contribution in [3.8, 4) is 0 Å². The van der Waals surface area contributed by atoms with E-state index in [-0.39, 0.29) is 6.04 Å². The van der Waals surface area contributed by atoms with E-state index >= 15 is 0 Å². The van der Waals surface area contributed by atoms with E-state index < -0.39 is 0 Å².